The number of nitrogens with one attached hydrogen (secondary N) is 1. The Kier molecular flexibility index (Phi) is 4.25. The van der Waals surface area contributed by atoms with Crippen LogP contribution in [-0.4, -0.2) is 12.6 Å². The van der Waals surface area contributed by atoms with Gasteiger partial charge in [0.25, 0.3) is 0 Å². The quantitative estimate of drug-likeness (QED) is 0.694. The Balaban J connectivity index is 1.60. The Hall–Kier alpha value is -0.300. The second-order valence-electron chi connectivity index (χ2n) is 5.43. The normalized spacial score (nSPS) is 31.7. The van der Waals surface area contributed by atoms with E-state index in [4.69, 9.17) is 0 Å². The van der Waals surface area contributed by atoms with Gasteiger partial charge in [0.15, 0.2) is 0 Å². The van der Waals surface area contributed by atoms with Gasteiger partial charge in [0.1, 0.15) is 0 Å². The summed E-state index contributed by atoms with van der Waals surface area (Å²) in [5, 5.41) is 3.74. The van der Waals surface area contributed by atoms with Crippen LogP contribution in [0.25, 0.3) is 0 Å². The highest BCUT2D eigenvalue weighted by atomic mass is 14.9. The summed E-state index contributed by atoms with van der Waals surface area (Å²) in [6.45, 7) is 3.61. The van der Waals surface area contributed by atoms with Crippen molar-refractivity contribution in [3.63, 3.8) is 0 Å². The van der Waals surface area contributed by atoms with Crippen LogP contribution in [0.5, 0.6) is 0 Å². The van der Waals surface area contributed by atoms with Crippen LogP contribution in [0.3, 0.4) is 0 Å². The van der Waals surface area contributed by atoms with Crippen LogP contribution in [0.15, 0.2) is 11.6 Å². The summed E-state index contributed by atoms with van der Waals surface area (Å²) >= 11 is 0. The Morgan fingerprint density at radius 3 is 3.00 bits per heavy atom. The molecule has 0 bridgehead atoms. The van der Waals surface area contributed by atoms with E-state index >= 15 is 0 Å². The molecule has 2 unspecified atom stereocenters. The van der Waals surface area contributed by atoms with Crippen LogP contribution >= 0.6 is 0 Å². The topological polar surface area (TPSA) is 12.0 Å². The van der Waals surface area contributed by atoms with E-state index in [2.05, 4.69) is 18.3 Å². The SMILES string of the molecule is CC1CCCC(NCCC2=CCCC2)C1. The molecule has 0 aromatic heterocycles. The molecule has 1 saturated carbocycles. The molecule has 0 radical (unpaired) electrons. The Labute approximate surface area is 94.3 Å². The molecule has 0 saturated heterocycles. The molecule has 0 heterocycles. The largest absolute Gasteiger partial charge is 0.314 e. The monoisotopic (exact) mass is 207 g/mol. The molecule has 2 aliphatic rings. The standard InChI is InChI=1S/C14H25N/c1-12-5-4-8-14(11-12)15-10-9-13-6-2-3-7-13/h6,12,14-15H,2-5,7-11H2,1H3. The van der Waals surface area contributed by atoms with Gasteiger partial charge < -0.3 is 5.32 Å². The van der Waals surface area contributed by atoms with Crippen molar-refractivity contribution in [3.8, 4) is 0 Å². The molecular weight excluding hydrogens is 182 g/mol. The van der Waals surface area contributed by atoms with Gasteiger partial charge in [-0.1, -0.05) is 31.4 Å². The van der Waals surface area contributed by atoms with Gasteiger partial charge in [-0.25, -0.2) is 0 Å². The maximum Gasteiger partial charge on any atom is 0.00697 e. The van der Waals surface area contributed by atoms with Crippen molar-refractivity contribution in [1.82, 2.24) is 5.32 Å². The minimum Gasteiger partial charge on any atom is -0.314 e. The van der Waals surface area contributed by atoms with Gasteiger partial charge in [0.05, 0.1) is 0 Å². The fraction of sp³-hybridized carbons (Fsp3) is 0.857. The number of hydrogen-bond donors (Lipinski definition) is 1. The van der Waals surface area contributed by atoms with Crippen molar-refractivity contribution < 1.29 is 0 Å². The molecule has 1 nitrogen and oxygen atoms in total. The molecule has 1 N–H and O–H groups in total. The summed E-state index contributed by atoms with van der Waals surface area (Å²) in [5.41, 5.74) is 1.70. The molecule has 0 aliphatic heterocycles. The van der Waals surface area contributed by atoms with E-state index in [1.54, 1.807) is 5.57 Å². The fourth-order valence-corrected chi connectivity index (χ4v) is 3.02. The fourth-order valence-electron chi connectivity index (χ4n) is 3.02. The first-order valence-corrected chi connectivity index (χ1v) is 6.76. The van der Waals surface area contributed by atoms with Crippen molar-refractivity contribution in [2.45, 2.75) is 64.3 Å². The predicted molar refractivity (Wildman–Crippen MR) is 66.0 cm³/mol. The van der Waals surface area contributed by atoms with Crippen molar-refractivity contribution in [1.29, 1.82) is 0 Å². The molecule has 15 heavy (non-hydrogen) atoms. The second kappa shape index (κ2) is 5.69. The predicted octanol–water partition coefficient (Wildman–Crippen LogP) is 3.66. The highest BCUT2D eigenvalue weighted by molar-refractivity contribution is 5.07. The van der Waals surface area contributed by atoms with Crippen molar-refractivity contribution in [2.75, 3.05) is 6.54 Å². The molecule has 0 amide bonds. The summed E-state index contributed by atoms with van der Waals surface area (Å²) in [5.74, 6) is 0.946. The van der Waals surface area contributed by atoms with Gasteiger partial charge in [0, 0.05) is 6.04 Å². The third-order valence-electron chi connectivity index (χ3n) is 3.95. The van der Waals surface area contributed by atoms with Crippen molar-refractivity contribution in [2.24, 2.45) is 5.92 Å². The van der Waals surface area contributed by atoms with Gasteiger partial charge in [0.2, 0.25) is 0 Å². The van der Waals surface area contributed by atoms with E-state index in [0.29, 0.717) is 0 Å². The lowest BCUT2D eigenvalue weighted by Crippen LogP contribution is -2.34. The Bertz CT molecular complexity index is 219. The summed E-state index contributed by atoms with van der Waals surface area (Å²) in [7, 11) is 0. The van der Waals surface area contributed by atoms with Gasteiger partial charge >= 0.3 is 0 Å². The van der Waals surface area contributed by atoms with Crippen LogP contribution in [-0.2, 0) is 0 Å². The zero-order valence-corrected chi connectivity index (χ0v) is 10.1. The lowest BCUT2D eigenvalue weighted by Gasteiger charge is -2.27. The smallest absolute Gasteiger partial charge is 0.00697 e. The van der Waals surface area contributed by atoms with E-state index in [9.17, 15) is 0 Å². The van der Waals surface area contributed by atoms with Gasteiger partial charge in [-0.3, -0.25) is 0 Å². The zero-order chi connectivity index (χ0) is 10.5. The Morgan fingerprint density at radius 2 is 2.27 bits per heavy atom. The van der Waals surface area contributed by atoms with Crippen LogP contribution in [0.1, 0.15) is 58.3 Å². The Morgan fingerprint density at radius 1 is 1.33 bits per heavy atom. The minimum atomic E-state index is 0.816. The molecule has 0 aromatic rings. The van der Waals surface area contributed by atoms with Crippen LogP contribution in [0, 0.1) is 5.92 Å². The maximum absolute atomic E-state index is 3.74. The molecular formula is C14H25N. The van der Waals surface area contributed by atoms with E-state index in [1.165, 1.54) is 57.9 Å². The maximum atomic E-state index is 3.74. The average molecular weight is 207 g/mol. The molecule has 0 aromatic carbocycles. The third kappa shape index (κ3) is 3.64. The van der Waals surface area contributed by atoms with Crippen molar-refractivity contribution >= 4 is 0 Å². The van der Waals surface area contributed by atoms with E-state index in [-0.39, 0.29) is 0 Å². The summed E-state index contributed by atoms with van der Waals surface area (Å²) in [4.78, 5) is 0. The van der Waals surface area contributed by atoms with Crippen LogP contribution in [0.4, 0.5) is 0 Å². The number of hydrogen-bond acceptors (Lipinski definition) is 1. The molecule has 1 fully saturated rings. The molecule has 2 rings (SSSR count). The van der Waals surface area contributed by atoms with Crippen LogP contribution in [0.2, 0.25) is 0 Å². The first-order chi connectivity index (χ1) is 7.34. The van der Waals surface area contributed by atoms with E-state index in [0.717, 1.165) is 12.0 Å². The summed E-state index contributed by atoms with van der Waals surface area (Å²) in [6, 6.07) is 0.816. The number of rotatable bonds is 4. The molecule has 86 valence electrons. The molecule has 1 heteroatoms. The van der Waals surface area contributed by atoms with E-state index in [1.807, 2.05) is 0 Å². The number of allylic oxidation sites excluding steroid dienone is 1. The van der Waals surface area contributed by atoms with Gasteiger partial charge in [-0.05, 0) is 51.0 Å². The molecule has 2 atom stereocenters. The van der Waals surface area contributed by atoms with Gasteiger partial charge in [-0.2, -0.15) is 0 Å². The lowest BCUT2D eigenvalue weighted by atomic mass is 9.87. The van der Waals surface area contributed by atoms with Crippen LogP contribution < -0.4 is 5.32 Å². The van der Waals surface area contributed by atoms with Crippen molar-refractivity contribution in [3.05, 3.63) is 11.6 Å². The van der Waals surface area contributed by atoms with E-state index < -0.39 is 0 Å². The third-order valence-corrected chi connectivity index (χ3v) is 3.95. The van der Waals surface area contributed by atoms with Gasteiger partial charge in [-0.15, -0.1) is 0 Å². The highest BCUT2D eigenvalue weighted by Gasteiger charge is 2.17. The summed E-state index contributed by atoms with van der Waals surface area (Å²) < 4.78 is 0. The first-order valence-electron chi connectivity index (χ1n) is 6.76. The second-order valence-corrected chi connectivity index (χ2v) is 5.43. The average Bonchev–Trinajstić information content (AvgIpc) is 2.71. The minimum absolute atomic E-state index is 0.816. The molecule has 0 spiro atoms. The highest BCUT2D eigenvalue weighted by Crippen LogP contribution is 2.24. The molecule has 2 aliphatic carbocycles. The summed E-state index contributed by atoms with van der Waals surface area (Å²) in [6.07, 6.45) is 13.5. The zero-order valence-electron chi connectivity index (χ0n) is 10.1. The lowest BCUT2D eigenvalue weighted by molar-refractivity contribution is 0.303. The first kappa shape index (κ1) is 11.2.